The second-order valence-electron chi connectivity index (χ2n) is 4.57. The number of benzene rings is 1. The van der Waals surface area contributed by atoms with Crippen LogP contribution in [0.4, 0.5) is 0 Å². The molecule has 0 bridgehead atoms. The largest absolute Gasteiger partial charge is 0.336 e. The van der Waals surface area contributed by atoms with Gasteiger partial charge in [-0.3, -0.25) is 4.79 Å². The average molecular weight is 381 g/mol. The Morgan fingerprint density at radius 2 is 2.22 bits per heavy atom. The smallest absolute Gasteiger partial charge is 0.254 e. The van der Waals surface area contributed by atoms with Crippen LogP contribution >= 0.6 is 35.0 Å². The fourth-order valence-corrected chi connectivity index (χ4v) is 2.60. The number of aryl methyl sites for hydroxylation is 1. The number of carbonyl (C=O) groups excluding carboxylic acids is 1. The molecule has 0 unspecified atom stereocenters. The molecule has 1 aliphatic rings. The first-order chi connectivity index (χ1) is 8.08. The van der Waals surface area contributed by atoms with Crippen LogP contribution in [0.25, 0.3) is 0 Å². The van der Waals surface area contributed by atoms with Gasteiger partial charge in [0.2, 0.25) is 0 Å². The first-order valence-electron chi connectivity index (χ1n) is 5.87. The van der Waals surface area contributed by atoms with Crippen LogP contribution < -0.4 is 5.32 Å². The highest BCUT2D eigenvalue weighted by Crippen LogP contribution is 2.16. The van der Waals surface area contributed by atoms with E-state index < -0.39 is 0 Å². The van der Waals surface area contributed by atoms with E-state index in [0.29, 0.717) is 6.04 Å². The Balaban J connectivity index is 0.00000162. The molecule has 3 nitrogen and oxygen atoms in total. The van der Waals surface area contributed by atoms with E-state index in [1.807, 2.05) is 30.0 Å². The van der Waals surface area contributed by atoms with Gasteiger partial charge in [-0.1, -0.05) is 6.07 Å². The van der Waals surface area contributed by atoms with Crippen LogP contribution in [0.15, 0.2) is 18.2 Å². The van der Waals surface area contributed by atoms with E-state index in [-0.39, 0.29) is 18.3 Å². The van der Waals surface area contributed by atoms with Crippen molar-refractivity contribution in [1.29, 1.82) is 0 Å². The van der Waals surface area contributed by atoms with Crippen molar-refractivity contribution < 1.29 is 4.79 Å². The molecule has 1 aromatic rings. The van der Waals surface area contributed by atoms with Crippen molar-refractivity contribution in [3.8, 4) is 0 Å². The Morgan fingerprint density at radius 1 is 1.50 bits per heavy atom. The lowest BCUT2D eigenvalue weighted by Gasteiger charge is -2.32. The van der Waals surface area contributed by atoms with Gasteiger partial charge in [0.25, 0.3) is 5.91 Å². The molecule has 1 saturated heterocycles. The van der Waals surface area contributed by atoms with Gasteiger partial charge in [0.1, 0.15) is 0 Å². The van der Waals surface area contributed by atoms with E-state index in [1.54, 1.807) is 0 Å². The molecule has 1 aliphatic heterocycles. The summed E-state index contributed by atoms with van der Waals surface area (Å²) < 4.78 is 1.11. The Bertz CT molecular complexity index is 439. The van der Waals surface area contributed by atoms with Gasteiger partial charge in [-0.25, -0.2) is 0 Å². The summed E-state index contributed by atoms with van der Waals surface area (Å²) >= 11 is 2.25. The summed E-state index contributed by atoms with van der Waals surface area (Å²) in [4.78, 5) is 14.4. The SMILES string of the molecule is Cc1ccc(I)cc1C(=O)N1CCN[C@H](C)C1.Cl. The van der Waals surface area contributed by atoms with Crippen LogP contribution in [0.2, 0.25) is 0 Å². The van der Waals surface area contributed by atoms with Crippen LogP contribution in [0.1, 0.15) is 22.8 Å². The zero-order valence-corrected chi connectivity index (χ0v) is 13.5. The Hall–Kier alpha value is -0.330. The summed E-state index contributed by atoms with van der Waals surface area (Å²) in [6, 6.07) is 6.41. The number of piperazine rings is 1. The van der Waals surface area contributed by atoms with Crippen molar-refractivity contribution in [3.05, 3.63) is 32.9 Å². The third kappa shape index (κ3) is 3.59. The molecule has 1 N–H and O–H groups in total. The average Bonchev–Trinajstić information content (AvgIpc) is 2.31. The monoisotopic (exact) mass is 380 g/mol. The normalized spacial score (nSPS) is 19.3. The third-order valence-corrected chi connectivity index (χ3v) is 3.76. The fraction of sp³-hybridized carbons (Fsp3) is 0.462. The van der Waals surface area contributed by atoms with E-state index >= 15 is 0 Å². The minimum absolute atomic E-state index is 0. The lowest BCUT2D eigenvalue weighted by molar-refractivity contribution is 0.0708. The molecule has 0 spiro atoms. The summed E-state index contributed by atoms with van der Waals surface area (Å²) in [6.07, 6.45) is 0. The van der Waals surface area contributed by atoms with Crippen LogP contribution in [-0.4, -0.2) is 36.5 Å². The molecular weight excluding hydrogens is 363 g/mol. The summed E-state index contributed by atoms with van der Waals surface area (Å²) in [6.45, 7) is 6.59. The first-order valence-corrected chi connectivity index (χ1v) is 6.94. The van der Waals surface area contributed by atoms with Crippen LogP contribution in [0, 0.1) is 10.5 Å². The maximum absolute atomic E-state index is 12.4. The molecule has 0 aliphatic carbocycles. The molecular formula is C13H18ClIN2O. The number of hydrogen-bond acceptors (Lipinski definition) is 2. The van der Waals surface area contributed by atoms with Crippen LogP contribution in [-0.2, 0) is 0 Å². The minimum atomic E-state index is 0. The lowest BCUT2D eigenvalue weighted by Crippen LogP contribution is -2.51. The van der Waals surface area contributed by atoms with Gasteiger partial charge in [-0.05, 0) is 54.1 Å². The maximum Gasteiger partial charge on any atom is 0.254 e. The number of amides is 1. The molecule has 1 atom stereocenters. The molecule has 1 heterocycles. The van der Waals surface area contributed by atoms with Crippen molar-refractivity contribution in [2.24, 2.45) is 0 Å². The summed E-state index contributed by atoms with van der Waals surface area (Å²) in [5.74, 6) is 0.161. The summed E-state index contributed by atoms with van der Waals surface area (Å²) in [5, 5.41) is 3.35. The Morgan fingerprint density at radius 3 is 2.89 bits per heavy atom. The lowest BCUT2D eigenvalue weighted by atomic mass is 10.1. The molecule has 0 aromatic heterocycles. The zero-order valence-electron chi connectivity index (χ0n) is 10.6. The summed E-state index contributed by atoms with van der Waals surface area (Å²) in [7, 11) is 0. The fourth-order valence-electron chi connectivity index (χ4n) is 2.11. The van der Waals surface area contributed by atoms with Crippen LogP contribution in [0.5, 0.6) is 0 Å². The van der Waals surface area contributed by atoms with E-state index in [2.05, 4.69) is 34.8 Å². The van der Waals surface area contributed by atoms with Gasteiger partial charge >= 0.3 is 0 Å². The number of halogens is 2. The van der Waals surface area contributed by atoms with Crippen LogP contribution in [0.3, 0.4) is 0 Å². The quantitative estimate of drug-likeness (QED) is 0.759. The highest BCUT2D eigenvalue weighted by Gasteiger charge is 2.22. The van der Waals surface area contributed by atoms with Crippen molar-refractivity contribution >= 4 is 40.9 Å². The van der Waals surface area contributed by atoms with Crippen molar-refractivity contribution in [3.63, 3.8) is 0 Å². The number of rotatable bonds is 1. The maximum atomic E-state index is 12.4. The van der Waals surface area contributed by atoms with E-state index in [0.717, 1.165) is 34.3 Å². The molecule has 100 valence electrons. The second kappa shape index (κ2) is 6.73. The molecule has 2 rings (SSSR count). The molecule has 1 aromatic carbocycles. The van der Waals surface area contributed by atoms with E-state index in [4.69, 9.17) is 0 Å². The molecule has 0 radical (unpaired) electrons. The number of hydrogen-bond donors (Lipinski definition) is 1. The zero-order chi connectivity index (χ0) is 12.4. The molecule has 0 saturated carbocycles. The highest BCUT2D eigenvalue weighted by atomic mass is 127. The molecule has 5 heteroatoms. The summed E-state index contributed by atoms with van der Waals surface area (Å²) in [5.41, 5.74) is 1.90. The van der Waals surface area contributed by atoms with Gasteiger partial charge in [-0.2, -0.15) is 0 Å². The van der Waals surface area contributed by atoms with Gasteiger partial charge in [-0.15, -0.1) is 12.4 Å². The standard InChI is InChI=1S/C13H17IN2O.ClH/c1-9-3-4-11(14)7-12(9)13(17)16-6-5-15-10(2)8-16;/h3-4,7,10,15H,5-6,8H2,1-2H3;1H/t10-;/m1./s1. The molecule has 1 fully saturated rings. The van der Waals surface area contributed by atoms with Gasteiger partial charge in [0, 0.05) is 34.8 Å². The van der Waals surface area contributed by atoms with Gasteiger partial charge in [0.05, 0.1) is 0 Å². The van der Waals surface area contributed by atoms with Gasteiger partial charge in [0.15, 0.2) is 0 Å². The molecule has 1 amide bonds. The third-order valence-electron chi connectivity index (χ3n) is 3.09. The topological polar surface area (TPSA) is 32.3 Å². The van der Waals surface area contributed by atoms with Crippen molar-refractivity contribution in [2.75, 3.05) is 19.6 Å². The van der Waals surface area contributed by atoms with Gasteiger partial charge < -0.3 is 10.2 Å². The highest BCUT2D eigenvalue weighted by molar-refractivity contribution is 14.1. The predicted octanol–water partition coefficient (Wildman–Crippen LogP) is 2.46. The van der Waals surface area contributed by atoms with E-state index in [9.17, 15) is 4.79 Å². The number of carbonyl (C=O) groups is 1. The predicted molar refractivity (Wildman–Crippen MR) is 84.5 cm³/mol. The van der Waals surface area contributed by atoms with Crippen molar-refractivity contribution in [1.82, 2.24) is 10.2 Å². The molecule has 18 heavy (non-hydrogen) atoms. The minimum Gasteiger partial charge on any atom is -0.336 e. The number of nitrogens with zero attached hydrogens (tertiary/aromatic N) is 1. The van der Waals surface area contributed by atoms with Crippen molar-refractivity contribution in [2.45, 2.75) is 19.9 Å². The van der Waals surface area contributed by atoms with E-state index in [1.165, 1.54) is 0 Å². The second-order valence-corrected chi connectivity index (χ2v) is 5.81. The number of nitrogens with one attached hydrogen (secondary N) is 1. The first kappa shape index (κ1) is 15.7. The Labute approximate surface area is 128 Å². The Kier molecular flexibility index (Phi) is 5.88.